The minimum Gasteiger partial charge on any atom is -0.376 e. The molecule has 134 valence electrons. The highest BCUT2D eigenvalue weighted by atomic mass is 32.2. The van der Waals surface area contributed by atoms with Crippen LogP contribution in [0.25, 0.3) is 10.2 Å². The predicted molar refractivity (Wildman–Crippen MR) is 99.7 cm³/mol. The highest BCUT2D eigenvalue weighted by Crippen LogP contribution is 2.35. The van der Waals surface area contributed by atoms with Crippen LogP contribution in [-0.4, -0.2) is 41.0 Å². The summed E-state index contributed by atoms with van der Waals surface area (Å²) in [5.74, 6) is 0.183. The second-order valence-electron chi connectivity index (χ2n) is 6.44. The third-order valence-electron chi connectivity index (χ3n) is 4.81. The van der Waals surface area contributed by atoms with Gasteiger partial charge in [0.2, 0.25) is 5.91 Å². The highest BCUT2D eigenvalue weighted by Gasteiger charge is 2.25. The Bertz CT molecular complexity index is 868. The maximum Gasteiger partial charge on any atom is 0.263 e. The van der Waals surface area contributed by atoms with Crippen LogP contribution in [0.5, 0.6) is 0 Å². The number of aryl methyl sites for hydroxylation is 2. The Morgan fingerprint density at radius 2 is 2.32 bits per heavy atom. The maximum atomic E-state index is 13.2. The van der Waals surface area contributed by atoms with Crippen LogP contribution in [0.1, 0.15) is 29.7 Å². The predicted octanol–water partition coefficient (Wildman–Crippen LogP) is 1.96. The molecule has 1 saturated heterocycles. The molecule has 0 saturated carbocycles. The van der Waals surface area contributed by atoms with Gasteiger partial charge in [0.25, 0.3) is 5.56 Å². The van der Waals surface area contributed by atoms with Crippen molar-refractivity contribution in [2.75, 3.05) is 19.4 Å². The molecule has 25 heavy (non-hydrogen) atoms. The fourth-order valence-electron chi connectivity index (χ4n) is 3.52. The van der Waals surface area contributed by atoms with Crippen LogP contribution < -0.4 is 10.9 Å². The average molecular weight is 380 g/mol. The van der Waals surface area contributed by atoms with Gasteiger partial charge < -0.3 is 10.1 Å². The monoisotopic (exact) mass is 379 g/mol. The molecule has 1 atom stereocenters. The summed E-state index contributed by atoms with van der Waals surface area (Å²) >= 11 is 2.96. The molecule has 1 aliphatic heterocycles. The molecule has 4 rings (SSSR count). The fraction of sp³-hybridized carbons (Fsp3) is 0.588. The molecule has 1 fully saturated rings. The Balaban J connectivity index is 1.77. The molecule has 2 aromatic rings. The molecule has 0 aromatic carbocycles. The Kier molecular flexibility index (Phi) is 4.84. The lowest BCUT2D eigenvalue weighted by Gasteiger charge is -2.15. The molecule has 0 spiro atoms. The van der Waals surface area contributed by atoms with Crippen molar-refractivity contribution in [3.05, 3.63) is 20.8 Å². The lowest BCUT2D eigenvalue weighted by molar-refractivity contribution is -0.118. The van der Waals surface area contributed by atoms with E-state index in [0.717, 1.165) is 48.9 Å². The van der Waals surface area contributed by atoms with E-state index in [1.165, 1.54) is 22.2 Å². The van der Waals surface area contributed by atoms with Crippen LogP contribution in [0.4, 0.5) is 0 Å². The van der Waals surface area contributed by atoms with Gasteiger partial charge in [-0.05, 0) is 37.7 Å². The first-order chi connectivity index (χ1) is 12.2. The number of amides is 1. The summed E-state index contributed by atoms with van der Waals surface area (Å²) < 4.78 is 7.46. The Morgan fingerprint density at radius 1 is 1.44 bits per heavy atom. The molecule has 2 aromatic heterocycles. The van der Waals surface area contributed by atoms with Crippen molar-refractivity contribution in [1.82, 2.24) is 14.9 Å². The summed E-state index contributed by atoms with van der Waals surface area (Å²) in [6.07, 6.45) is 5.19. The quantitative estimate of drug-likeness (QED) is 0.635. The van der Waals surface area contributed by atoms with Crippen molar-refractivity contribution in [2.24, 2.45) is 0 Å². The number of fused-ring (bicyclic) bond motifs is 3. The van der Waals surface area contributed by atoms with E-state index in [4.69, 9.17) is 9.72 Å². The number of thiophene rings is 1. The summed E-state index contributed by atoms with van der Waals surface area (Å²) in [5, 5.41) is 4.03. The first kappa shape index (κ1) is 17.1. The summed E-state index contributed by atoms with van der Waals surface area (Å²) in [6, 6.07) is 0. The lowest BCUT2D eigenvalue weighted by atomic mass is 10.2. The van der Waals surface area contributed by atoms with E-state index in [0.29, 0.717) is 11.7 Å². The van der Waals surface area contributed by atoms with Gasteiger partial charge in [-0.1, -0.05) is 11.8 Å². The SMILES string of the molecule is CNC(=O)CSc1nc2sc3c(c2c(=O)n1C[C@@H]1CCCO1)CCC3. The molecule has 2 aliphatic rings. The molecule has 6 nitrogen and oxygen atoms in total. The van der Waals surface area contributed by atoms with Crippen LogP contribution in [-0.2, 0) is 28.9 Å². The van der Waals surface area contributed by atoms with Gasteiger partial charge >= 0.3 is 0 Å². The number of nitrogens with one attached hydrogen (secondary N) is 1. The van der Waals surface area contributed by atoms with E-state index in [1.807, 2.05) is 0 Å². The van der Waals surface area contributed by atoms with Gasteiger partial charge in [-0.3, -0.25) is 14.2 Å². The maximum absolute atomic E-state index is 13.2. The summed E-state index contributed by atoms with van der Waals surface area (Å²) in [7, 11) is 1.61. The van der Waals surface area contributed by atoms with Gasteiger partial charge in [-0.25, -0.2) is 4.98 Å². The average Bonchev–Trinajstić information content (AvgIpc) is 3.32. The minimum atomic E-state index is -0.0725. The molecular formula is C17H21N3O3S2. The Hall–Kier alpha value is -1.38. The van der Waals surface area contributed by atoms with Crippen molar-refractivity contribution in [3.63, 3.8) is 0 Å². The van der Waals surface area contributed by atoms with Crippen LogP contribution in [0, 0.1) is 0 Å². The third kappa shape index (κ3) is 3.22. The van der Waals surface area contributed by atoms with Gasteiger partial charge in [0.1, 0.15) is 4.83 Å². The van der Waals surface area contributed by atoms with Crippen LogP contribution in [0.3, 0.4) is 0 Å². The molecule has 1 N–H and O–H groups in total. The summed E-state index contributed by atoms with van der Waals surface area (Å²) in [4.78, 5) is 31.7. The number of aromatic nitrogens is 2. The van der Waals surface area contributed by atoms with Crippen LogP contribution in [0.2, 0.25) is 0 Å². The van der Waals surface area contributed by atoms with E-state index >= 15 is 0 Å². The second-order valence-corrected chi connectivity index (χ2v) is 8.47. The molecule has 0 radical (unpaired) electrons. The Morgan fingerprint density at radius 3 is 3.08 bits per heavy atom. The standard InChI is InChI=1S/C17H21N3O3S2/c1-18-13(21)9-24-17-19-15-14(11-5-2-6-12(11)25-15)16(22)20(17)8-10-4-3-7-23-10/h10H,2-9H2,1H3,(H,18,21)/t10-/m0/s1. The largest absolute Gasteiger partial charge is 0.376 e. The first-order valence-electron chi connectivity index (χ1n) is 8.67. The van der Waals surface area contributed by atoms with Crippen molar-refractivity contribution >= 4 is 39.2 Å². The van der Waals surface area contributed by atoms with E-state index in [9.17, 15) is 9.59 Å². The minimum absolute atomic E-state index is 0.0271. The van der Waals surface area contributed by atoms with Gasteiger partial charge in [-0.15, -0.1) is 11.3 Å². The van der Waals surface area contributed by atoms with Gasteiger partial charge in [0, 0.05) is 18.5 Å². The lowest BCUT2D eigenvalue weighted by Crippen LogP contribution is -2.29. The van der Waals surface area contributed by atoms with Gasteiger partial charge in [0.05, 0.1) is 23.8 Å². The molecule has 1 aliphatic carbocycles. The number of hydrogen-bond donors (Lipinski definition) is 1. The molecule has 3 heterocycles. The highest BCUT2D eigenvalue weighted by molar-refractivity contribution is 7.99. The number of rotatable bonds is 5. The molecule has 0 unspecified atom stereocenters. The summed E-state index contributed by atoms with van der Waals surface area (Å²) in [5.41, 5.74) is 1.22. The van der Waals surface area contributed by atoms with Crippen LogP contribution in [0.15, 0.2) is 9.95 Å². The van der Waals surface area contributed by atoms with E-state index in [-0.39, 0.29) is 23.3 Å². The number of hydrogen-bond acceptors (Lipinski definition) is 6. The molecule has 8 heteroatoms. The molecule has 0 bridgehead atoms. The zero-order valence-corrected chi connectivity index (χ0v) is 15.8. The normalized spacial score (nSPS) is 19.5. The third-order valence-corrected chi connectivity index (χ3v) is 6.97. The van der Waals surface area contributed by atoms with Crippen LogP contribution >= 0.6 is 23.1 Å². The van der Waals surface area contributed by atoms with Gasteiger partial charge in [-0.2, -0.15) is 0 Å². The zero-order chi connectivity index (χ0) is 17.4. The first-order valence-corrected chi connectivity index (χ1v) is 10.5. The number of thioether (sulfide) groups is 1. The van der Waals surface area contributed by atoms with E-state index in [1.54, 1.807) is 23.0 Å². The zero-order valence-electron chi connectivity index (χ0n) is 14.2. The van der Waals surface area contributed by atoms with Crippen molar-refractivity contribution in [2.45, 2.75) is 49.9 Å². The second kappa shape index (κ2) is 7.09. The number of carbonyl (C=O) groups excluding carboxylic acids is 1. The number of carbonyl (C=O) groups is 1. The number of ether oxygens (including phenoxy) is 1. The van der Waals surface area contributed by atoms with Crippen molar-refractivity contribution < 1.29 is 9.53 Å². The van der Waals surface area contributed by atoms with Gasteiger partial charge in [0.15, 0.2) is 5.16 Å². The summed E-state index contributed by atoms with van der Waals surface area (Å²) in [6.45, 7) is 1.27. The van der Waals surface area contributed by atoms with E-state index < -0.39 is 0 Å². The molecular weight excluding hydrogens is 358 g/mol. The Labute approximate surface area is 154 Å². The smallest absolute Gasteiger partial charge is 0.263 e. The topological polar surface area (TPSA) is 73.2 Å². The number of nitrogens with zero attached hydrogens (tertiary/aromatic N) is 2. The van der Waals surface area contributed by atoms with E-state index in [2.05, 4.69) is 5.32 Å². The fourth-order valence-corrected chi connectivity index (χ4v) is 5.71. The molecule has 1 amide bonds. The van der Waals surface area contributed by atoms with Crippen molar-refractivity contribution in [1.29, 1.82) is 0 Å². The van der Waals surface area contributed by atoms with Crippen molar-refractivity contribution in [3.8, 4) is 0 Å².